The van der Waals surface area contributed by atoms with Crippen LogP contribution in [-0.4, -0.2) is 120 Å². The molecule has 3 rings (SSSR count). The van der Waals surface area contributed by atoms with Crippen LogP contribution in [0.3, 0.4) is 0 Å². The Kier molecular flexibility index (Phi) is 8.36. The van der Waals surface area contributed by atoms with E-state index < -0.39 is 73.9 Å². The first-order valence-electron chi connectivity index (χ1n) is 10.1. The molecule has 30 heavy (non-hydrogen) atoms. The fraction of sp³-hybridized carbons (Fsp3) is 1.00. The lowest BCUT2D eigenvalue weighted by molar-refractivity contribution is -0.327. The van der Waals surface area contributed by atoms with E-state index in [0.29, 0.717) is 6.61 Å². The van der Waals surface area contributed by atoms with Gasteiger partial charge in [-0.05, 0) is 6.42 Å². The molecule has 13 nitrogen and oxygen atoms in total. The molecule has 3 aliphatic rings. The van der Waals surface area contributed by atoms with Crippen molar-refractivity contribution in [3.8, 4) is 0 Å². The molecule has 2 saturated heterocycles. The van der Waals surface area contributed by atoms with Crippen LogP contribution in [0.4, 0.5) is 0 Å². The van der Waals surface area contributed by atoms with E-state index in [1.165, 1.54) is 0 Å². The molecule has 2 heterocycles. The summed E-state index contributed by atoms with van der Waals surface area (Å²) >= 11 is 0. The van der Waals surface area contributed by atoms with Crippen molar-refractivity contribution in [3.05, 3.63) is 0 Å². The number of aliphatic hydroxyl groups is 4. The molecule has 12 N–H and O–H groups in total. The van der Waals surface area contributed by atoms with E-state index in [9.17, 15) is 20.4 Å². The zero-order valence-corrected chi connectivity index (χ0v) is 16.6. The van der Waals surface area contributed by atoms with Crippen molar-refractivity contribution in [3.63, 3.8) is 0 Å². The largest absolute Gasteiger partial charge is 0.394 e. The SMILES string of the molecule is NC[C@H]1COC[C@H](O[C@H]2[C@H](O)[C@@H](N)C[C@@H](N)[C@@H]2O[C@H]2O[C@H](CO)[C@@H](O)[C@H](N)[C@H]2O)O1. The molecule has 176 valence electrons. The van der Waals surface area contributed by atoms with Crippen LogP contribution in [0.1, 0.15) is 6.42 Å². The highest BCUT2D eigenvalue weighted by molar-refractivity contribution is 5.00. The second kappa shape index (κ2) is 10.4. The number of rotatable bonds is 6. The zero-order chi connectivity index (χ0) is 22.0. The number of ether oxygens (including phenoxy) is 5. The van der Waals surface area contributed by atoms with E-state index in [1.807, 2.05) is 0 Å². The van der Waals surface area contributed by atoms with Crippen molar-refractivity contribution in [2.75, 3.05) is 26.4 Å². The van der Waals surface area contributed by atoms with Crippen LogP contribution in [0.5, 0.6) is 0 Å². The highest BCUT2D eigenvalue weighted by Crippen LogP contribution is 2.30. The van der Waals surface area contributed by atoms with E-state index in [4.69, 9.17) is 46.6 Å². The van der Waals surface area contributed by atoms with E-state index >= 15 is 0 Å². The fourth-order valence-electron chi connectivity index (χ4n) is 3.95. The third kappa shape index (κ3) is 5.10. The summed E-state index contributed by atoms with van der Waals surface area (Å²) in [4.78, 5) is 0. The summed E-state index contributed by atoms with van der Waals surface area (Å²) in [5, 5.41) is 40.5. The molecule has 0 radical (unpaired) electrons. The maximum Gasteiger partial charge on any atom is 0.186 e. The molecule has 0 bridgehead atoms. The minimum atomic E-state index is -1.40. The van der Waals surface area contributed by atoms with E-state index in [2.05, 4.69) is 0 Å². The van der Waals surface area contributed by atoms with Gasteiger partial charge in [0.2, 0.25) is 0 Å². The van der Waals surface area contributed by atoms with E-state index in [1.54, 1.807) is 0 Å². The Morgan fingerprint density at radius 1 is 0.867 bits per heavy atom. The molecule has 0 aromatic carbocycles. The summed E-state index contributed by atoms with van der Waals surface area (Å²) in [5.41, 5.74) is 23.7. The smallest absolute Gasteiger partial charge is 0.186 e. The average Bonchev–Trinajstić information content (AvgIpc) is 2.74. The van der Waals surface area contributed by atoms with Crippen molar-refractivity contribution in [2.45, 2.75) is 79.9 Å². The van der Waals surface area contributed by atoms with Crippen LogP contribution in [0.2, 0.25) is 0 Å². The number of aliphatic hydroxyl groups excluding tert-OH is 4. The van der Waals surface area contributed by atoms with Crippen molar-refractivity contribution < 1.29 is 44.1 Å². The van der Waals surface area contributed by atoms with Crippen molar-refractivity contribution >= 4 is 0 Å². The fourth-order valence-corrected chi connectivity index (χ4v) is 3.95. The van der Waals surface area contributed by atoms with Gasteiger partial charge in [-0.25, -0.2) is 0 Å². The predicted octanol–water partition coefficient (Wildman–Crippen LogP) is -5.36. The van der Waals surface area contributed by atoms with Gasteiger partial charge >= 0.3 is 0 Å². The molecule has 2 aliphatic heterocycles. The lowest BCUT2D eigenvalue weighted by atomic mass is 9.84. The van der Waals surface area contributed by atoms with Crippen LogP contribution < -0.4 is 22.9 Å². The Morgan fingerprint density at radius 3 is 2.27 bits per heavy atom. The molecule has 12 atom stereocenters. The summed E-state index contributed by atoms with van der Waals surface area (Å²) in [6.45, 7) is 0.146. The second-order valence-corrected chi connectivity index (χ2v) is 8.00. The van der Waals surface area contributed by atoms with Crippen molar-refractivity contribution in [2.24, 2.45) is 22.9 Å². The monoisotopic (exact) mass is 438 g/mol. The van der Waals surface area contributed by atoms with Gasteiger partial charge in [0.05, 0.1) is 38.1 Å². The minimum absolute atomic E-state index is 0.114. The normalized spacial score (nSPS) is 50.4. The Balaban J connectivity index is 1.74. The van der Waals surface area contributed by atoms with Crippen molar-refractivity contribution in [1.29, 1.82) is 0 Å². The van der Waals surface area contributed by atoms with E-state index in [0.717, 1.165) is 0 Å². The lowest BCUT2D eigenvalue weighted by Gasteiger charge is -2.47. The minimum Gasteiger partial charge on any atom is -0.394 e. The molecule has 0 aromatic heterocycles. The first-order chi connectivity index (χ1) is 14.3. The number of hydrogen-bond acceptors (Lipinski definition) is 13. The molecule has 0 aromatic rings. The summed E-state index contributed by atoms with van der Waals surface area (Å²) in [7, 11) is 0. The molecule has 0 spiro atoms. The van der Waals surface area contributed by atoms with Gasteiger partial charge in [0.15, 0.2) is 12.6 Å². The molecular weight excluding hydrogens is 404 g/mol. The third-order valence-electron chi connectivity index (χ3n) is 5.77. The van der Waals surface area contributed by atoms with Crippen LogP contribution in [0.15, 0.2) is 0 Å². The summed E-state index contributed by atoms with van der Waals surface area (Å²) in [5.74, 6) is 0. The molecular formula is C17H34N4O9. The number of nitrogens with two attached hydrogens (primary N) is 4. The summed E-state index contributed by atoms with van der Waals surface area (Å²) in [6.07, 6.45) is -9.16. The first kappa shape index (κ1) is 24.1. The summed E-state index contributed by atoms with van der Waals surface area (Å²) < 4.78 is 28.4. The quantitative estimate of drug-likeness (QED) is 0.194. The maximum absolute atomic E-state index is 10.7. The van der Waals surface area contributed by atoms with Gasteiger partial charge in [-0.15, -0.1) is 0 Å². The Morgan fingerprint density at radius 2 is 1.60 bits per heavy atom. The van der Waals surface area contributed by atoms with Gasteiger partial charge in [-0.2, -0.15) is 0 Å². The summed E-state index contributed by atoms with van der Waals surface area (Å²) in [6, 6.07) is -2.46. The van der Waals surface area contributed by atoms with Crippen LogP contribution >= 0.6 is 0 Å². The van der Waals surface area contributed by atoms with Crippen molar-refractivity contribution in [1.82, 2.24) is 0 Å². The molecule has 1 saturated carbocycles. The van der Waals surface area contributed by atoms with Gasteiger partial charge in [-0.1, -0.05) is 0 Å². The van der Waals surface area contributed by atoms with Crippen LogP contribution in [0.25, 0.3) is 0 Å². The van der Waals surface area contributed by atoms with Gasteiger partial charge in [-0.3, -0.25) is 0 Å². The first-order valence-corrected chi connectivity index (χ1v) is 10.1. The van der Waals surface area contributed by atoms with Crippen LogP contribution in [-0.2, 0) is 23.7 Å². The second-order valence-electron chi connectivity index (χ2n) is 8.00. The highest BCUT2D eigenvalue weighted by atomic mass is 16.7. The molecule has 0 amide bonds. The Labute approximate surface area is 174 Å². The Bertz CT molecular complexity index is 547. The van der Waals surface area contributed by atoms with Gasteiger partial charge in [0.25, 0.3) is 0 Å². The standard InChI is InChI=1S/C17H34N4O9/c18-2-6-4-26-5-10(27-6)29-16-12(23)7(19)1-8(20)15(16)30-17-14(25)11(21)13(24)9(3-22)28-17/h6-17,22-25H,1-5,18-21H2/t6-,7-,8+,9+,10-,11-,12+,13+,14+,15-,16-,17+/m0/s1. The topological polar surface area (TPSA) is 231 Å². The lowest BCUT2D eigenvalue weighted by Crippen LogP contribution is -2.68. The third-order valence-corrected chi connectivity index (χ3v) is 5.77. The van der Waals surface area contributed by atoms with Gasteiger partial charge in [0.1, 0.15) is 30.5 Å². The molecule has 13 heteroatoms. The zero-order valence-electron chi connectivity index (χ0n) is 16.6. The van der Waals surface area contributed by atoms with Crippen LogP contribution in [0, 0.1) is 0 Å². The molecule has 1 aliphatic carbocycles. The van der Waals surface area contributed by atoms with Gasteiger partial charge in [0, 0.05) is 18.6 Å². The number of hydrogen-bond donors (Lipinski definition) is 8. The molecule has 0 unspecified atom stereocenters. The highest BCUT2D eigenvalue weighted by Gasteiger charge is 2.49. The van der Waals surface area contributed by atoms with Gasteiger partial charge < -0.3 is 67.0 Å². The predicted molar refractivity (Wildman–Crippen MR) is 101 cm³/mol. The maximum atomic E-state index is 10.7. The van der Waals surface area contributed by atoms with E-state index in [-0.39, 0.29) is 25.7 Å². The molecule has 3 fully saturated rings. The average molecular weight is 438 g/mol. The Hall–Kier alpha value is -0.520.